The predicted octanol–water partition coefficient (Wildman–Crippen LogP) is 3.57. The number of likely N-dealkylation sites (tertiary alicyclic amines) is 1. The molecule has 0 saturated carbocycles. The highest BCUT2D eigenvalue weighted by Gasteiger charge is 2.21. The number of hydrogen-bond donors (Lipinski definition) is 3. The summed E-state index contributed by atoms with van der Waals surface area (Å²) in [6.07, 6.45) is 2.10. The molecule has 0 spiro atoms. The smallest absolute Gasteiger partial charge is 0.253 e. The molecule has 2 aromatic rings. The van der Waals surface area contributed by atoms with E-state index in [1.807, 2.05) is 17.0 Å². The average Bonchev–Trinajstić information content (AvgIpc) is 2.74. The molecule has 0 atom stereocenters. The minimum atomic E-state index is -0.190. The lowest BCUT2D eigenvalue weighted by atomic mass is 9.98. The van der Waals surface area contributed by atoms with Crippen molar-refractivity contribution >= 4 is 34.8 Å². The van der Waals surface area contributed by atoms with E-state index in [-0.39, 0.29) is 24.3 Å². The minimum Gasteiger partial charge on any atom is -0.376 e. The molecule has 7 nitrogen and oxygen atoms in total. The second-order valence-corrected chi connectivity index (χ2v) is 7.71. The van der Waals surface area contributed by atoms with Crippen LogP contribution in [0.1, 0.15) is 37.0 Å². The third-order valence-corrected chi connectivity index (χ3v) is 5.14. The summed E-state index contributed by atoms with van der Waals surface area (Å²) in [5.74, 6) is 0.412. The Morgan fingerprint density at radius 2 is 1.40 bits per heavy atom. The Bertz CT molecular complexity index is 886. The van der Waals surface area contributed by atoms with E-state index in [0.29, 0.717) is 22.9 Å². The van der Waals surface area contributed by atoms with Gasteiger partial charge in [0.25, 0.3) is 5.91 Å². The summed E-state index contributed by atoms with van der Waals surface area (Å²) in [5.41, 5.74) is 2.76. The quantitative estimate of drug-likeness (QED) is 0.682. The van der Waals surface area contributed by atoms with E-state index in [2.05, 4.69) is 22.9 Å². The normalized spacial score (nSPS) is 14.1. The molecular weight excluding hydrogens is 380 g/mol. The van der Waals surface area contributed by atoms with Crippen LogP contribution in [-0.4, -0.2) is 42.3 Å². The largest absolute Gasteiger partial charge is 0.376 e. The molecule has 0 aromatic heterocycles. The number of carbonyl (C=O) groups is 3. The van der Waals surface area contributed by atoms with Gasteiger partial charge in [-0.2, -0.15) is 0 Å². The average molecular weight is 409 g/mol. The van der Waals surface area contributed by atoms with Crippen molar-refractivity contribution in [2.24, 2.45) is 5.92 Å². The van der Waals surface area contributed by atoms with E-state index < -0.39 is 0 Å². The van der Waals surface area contributed by atoms with Crippen LogP contribution >= 0.6 is 0 Å². The summed E-state index contributed by atoms with van der Waals surface area (Å²) in [7, 11) is 0. The standard InChI is InChI=1S/C23H28N4O3/c1-16-11-13-27(14-12-16)23(30)18-3-5-19(6-4-18)24-15-22(29)26-21-9-7-20(8-10-21)25-17(2)28/h3-10,16,24H,11-15H2,1-2H3,(H,25,28)(H,26,29). The number of rotatable bonds is 6. The van der Waals surface area contributed by atoms with Crippen LogP contribution in [0.2, 0.25) is 0 Å². The monoisotopic (exact) mass is 408 g/mol. The van der Waals surface area contributed by atoms with Gasteiger partial charge in [0.2, 0.25) is 11.8 Å². The van der Waals surface area contributed by atoms with Crippen molar-refractivity contribution in [2.75, 3.05) is 35.6 Å². The molecule has 2 aromatic carbocycles. The van der Waals surface area contributed by atoms with Gasteiger partial charge < -0.3 is 20.9 Å². The fourth-order valence-electron chi connectivity index (χ4n) is 3.35. The molecule has 1 aliphatic rings. The van der Waals surface area contributed by atoms with E-state index >= 15 is 0 Å². The Morgan fingerprint density at radius 3 is 1.97 bits per heavy atom. The molecule has 1 heterocycles. The number of carbonyl (C=O) groups excluding carboxylic acids is 3. The molecule has 1 aliphatic heterocycles. The number of anilines is 3. The van der Waals surface area contributed by atoms with Crippen molar-refractivity contribution in [2.45, 2.75) is 26.7 Å². The number of nitrogens with zero attached hydrogens (tertiary/aromatic N) is 1. The van der Waals surface area contributed by atoms with Gasteiger partial charge in [0, 0.05) is 42.6 Å². The Balaban J connectivity index is 1.47. The second kappa shape index (κ2) is 9.91. The fraction of sp³-hybridized carbons (Fsp3) is 0.348. The van der Waals surface area contributed by atoms with Gasteiger partial charge in [-0.05, 0) is 67.3 Å². The molecule has 1 saturated heterocycles. The fourth-order valence-corrected chi connectivity index (χ4v) is 3.35. The zero-order valence-corrected chi connectivity index (χ0v) is 17.4. The summed E-state index contributed by atoms with van der Waals surface area (Å²) < 4.78 is 0. The predicted molar refractivity (Wildman–Crippen MR) is 119 cm³/mol. The van der Waals surface area contributed by atoms with Crippen molar-refractivity contribution < 1.29 is 14.4 Å². The first-order valence-corrected chi connectivity index (χ1v) is 10.2. The zero-order chi connectivity index (χ0) is 21.5. The third kappa shape index (κ3) is 6.07. The van der Waals surface area contributed by atoms with Gasteiger partial charge in [-0.1, -0.05) is 6.92 Å². The van der Waals surface area contributed by atoms with Crippen molar-refractivity contribution in [3.05, 3.63) is 54.1 Å². The van der Waals surface area contributed by atoms with E-state index in [1.54, 1.807) is 36.4 Å². The van der Waals surface area contributed by atoms with Gasteiger partial charge in [0.1, 0.15) is 0 Å². The Kier molecular flexibility index (Phi) is 7.06. The van der Waals surface area contributed by atoms with Crippen molar-refractivity contribution in [1.82, 2.24) is 4.90 Å². The van der Waals surface area contributed by atoms with Crippen LogP contribution in [-0.2, 0) is 9.59 Å². The van der Waals surface area contributed by atoms with E-state index in [1.165, 1.54) is 6.92 Å². The first-order chi connectivity index (χ1) is 14.4. The van der Waals surface area contributed by atoms with Crippen LogP contribution in [0.4, 0.5) is 17.1 Å². The van der Waals surface area contributed by atoms with Gasteiger partial charge in [-0.15, -0.1) is 0 Å². The number of amides is 3. The van der Waals surface area contributed by atoms with Gasteiger partial charge in [0.05, 0.1) is 6.54 Å². The highest BCUT2D eigenvalue weighted by molar-refractivity contribution is 5.96. The summed E-state index contributed by atoms with van der Waals surface area (Å²) in [6.45, 7) is 5.39. The molecule has 0 radical (unpaired) electrons. The molecule has 158 valence electrons. The summed E-state index contributed by atoms with van der Waals surface area (Å²) in [5, 5.41) is 8.53. The lowest BCUT2D eigenvalue weighted by molar-refractivity contribution is -0.115. The number of nitrogens with one attached hydrogen (secondary N) is 3. The molecule has 1 fully saturated rings. The van der Waals surface area contributed by atoms with Crippen molar-refractivity contribution in [3.8, 4) is 0 Å². The molecule has 3 rings (SSSR count). The molecule has 0 bridgehead atoms. The maximum Gasteiger partial charge on any atom is 0.253 e. The van der Waals surface area contributed by atoms with Crippen LogP contribution in [0, 0.1) is 5.92 Å². The molecule has 3 amide bonds. The molecule has 30 heavy (non-hydrogen) atoms. The van der Waals surface area contributed by atoms with Crippen LogP contribution in [0.5, 0.6) is 0 Å². The Morgan fingerprint density at radius 1 is 0.867 bits per heavy atom. The van der Waals surface area contributed by atoms with E-state index in [0.717, 1.165) is 31.6 Å². The third-order valence-electron chi connectivity index (χ3n) is 5.14. The molecule has 3 N–H and O–H groups in total. The molecular formula is C23H28N4O3. The first-order valence-electron chi connectivity index (χ1n) is 10.2. The van der Waals surface area contributed by atoms with Crippen molar-refractivity contribution in [1.29, 1.82) is 0 Å². The summed E-state index contributed by atoms with van der Waals surface area (Å²) in [6, 6.07) is 14.1. The Hall–Kier alpha value is -3.35. The number of piperidine rings is 1. The zero-order valence-electron chi connectivity index (χ0n) is 17.4. The number of benzene rings is 2. The Labute approximate surface area is 176 Å². The maximum atomic E-state index is 12.6. The molecule has 0 aliphatic carbocycles. The van der Waals surface area contributed by atoms with E-state index in [4.69, 9.17) is 0 Å². The minimum absolute atomic E-state index is 0.0638. The summed E-state index contributed by atoms with van der Waals surface area (Å²) in [4.78, 5) is 37.7. The van der Waals surface area contributed by atoms with Gasteiger partial charge in [-0.3, -0.25) is 14.4 Å². The molecule has 7 heteroatoms. The topological polar surface area (TPSA) is 90.5 Å². The van der Waals surface area contributed by atoms with Crippen LogP contribution in [0.25, 0.3) is 0 Å². The maximum absolute atomic E-state index is 12.6. The number of hydrogen-bond acceptors (Lipinski definition) is 4. The van der Waals surface area contributed by atoms with Crippen LogP contribution in [0.15, 0.2) is 48.5 Å². The lowest BCUT2D eigenvalue weighted by Crippen LogP contribution is -2.37. The van der Waals surface area contributed by atoms with E-state index in [9.17, 15) is 14.4 Å². The van der Waals surface area contributed by atoms with Crippen LogP contribution in [0.3, 0.4) is 0 Å². The van der Waals surface area contributed by atoms with Gasteiger partial charge >= 0.3 is 0 Å². The lowest BCUT2D eigenvalue weighted by Gasteiger charge is -2.30. The highest BCUT2D eigenvalue weighted by atomic mass is 16.2. The SMILES string of the molecule is CC(=O)Nc1ccc(NC(=O)CNc2ccc(C(=O)N3CCC(C)CC3)cc2)cc1. The first kappa shape index (κ1) is 21.4. The molecule has 0 unspecified atom stereocenters. The van der Waals surface area contributed by atoms with Gasteiger partial charge in [-0.25, -0.2) is 0 Å². The van der Waals surface area contributed by atoms with Gasteiger partial charge in [0.15, 0.2) is 0 Å². The van der Waals surface area contributed by atoms with Crippen LogP contribution < -0.4 is 16.0 Å². The highest BCUT2D eigenvalue weighted by Crippen LogP contribution is 2.19. The summed E-state index contributed by atoms with van der Waals surface area (Å²) >= 11 is 0. The van der Waals surface area contributed by atoms with Crippen molar-refractivity contribution in [3.63, 3.8) is 0 Å². The second-order valence-electron chi connectivity index (χ2n) is 7.71.